The van der Waals surface area contributed by atoms with E-state index >= 15 is 0 Å². The first-order chi connectivity index (χ1) is 9.74. The van der Waals surface area contributed by atoms with Gasteiger partial charge in [0.1, 0.15) is 0 Å². The van der Waals surface area contributed by atoms with Crippen molar-refractivity contribution in [1.29, 1.82) is 0 Å². The topological polar surface area (TPSA) is 34.1 Å². The van der Waals surface area contributed by atoms with Gasteiger partial charge in [0.2, 0.25) is 5.88 Å². The second-order valence-corrected chi connectivity index (χ2v) is 5.14. The van der Waals surface area contributed by atoms with Crippen LogP contribution in [0.3, 0.4) is 0 Å². The van der Waals surface area contributed by atoms with Crippen molar-refractivity contribution in [2.45, 2.75) is 46.3 Å². The maximum absolute atomic E-state index is 6.05. The molecular formula is C17H24N2O. The van der Waals surface area contributed by atoms with Crippen molar-refractivity contribution in [2.75, 3.05) is 6.54 Å². The molecule has 3 nitrogen and oxygen atoms in total. The van der Waals surface area contributed by atoms with E-state index < -0.39 is 0 Å². The largest absolute Gasteiger partial charge is 0.474 e. The zero-order chi connectivity index (χ0) is 14.4. The average Bonchev–Trinajstić information content (AvgIpc) is 2.45. The number of pyridine rings is 1. The molecule has 0 fully saturated rings. The van der Waals surface area contributed by atoms with Crippen molar-refractivity contribution in [2.24, 2.45) is 0 Å². The summed E-state index contributed by atoms with van der Waals surface area (Å²) < 4.78 is 6.05. The lowest BCUT2D eigenvalue weighted by Crippen LogP contribution is -2.15. The Morgan fingerprint density at radius 3 is 2.80 bits per heavy atom. The molecule has 0 radical (unpaired) electrons. The van der Waals surface area contributed by atoms with Crippen LogP contribution in [-0.2, 0) is 6.54 Å². The first-order valence-corrected chi connectivity index (χ1v) is 7.50. The third-order valence-corrected chi connectivity index (χ3v) is 3.32. The van der Waals surface area contributed by atoms with Gasteiger partial charge in [-0.15, -0.1) is 0 Å². The third kappa shape index (κ3) is 3.70. The molecule has 1 unspecified atom stereocenters. The highest BCUT2D eigenvalue weighted by molar-refractivity contribution is 5.87. The molecule has 0 aliphatic heterocycles. The van der Waals surface area contributed by atoms with Crippen LogP contribution in [0.4, 0.5) is 0 Å². The van der Waals surface area contributed by atoms with Crippen LogP contribution in [0, 0.1) is 0 Å². The predicted molar refractivity (Wildman–Crippen MR) is 84.1 cm³/mol. The van der Waals surface area contributed by atoms with Crippen molar-refractivity contribution < 1.29 is 4.74 Å². The van der Waals surface area contributed by atoms with Crippen LogP contribution in [0.1, 0.15) is 39.3 Å². The molecular weight excluding hydrogens is 248 g/mol. The molecule has 0 bridgehead atoms. The number of benzene rings is 1. The molecule has 2 aromatic rings. The SMILES string of the molecule is CCCC(C)Oc1nc(CNCC)cc2ccccc12. The smallest absolute Gasteiger partial charge is 0.221 e. The van der Waals surface area contributed by atoms with Gasteiger partial charge >= 0.3 is 0 Å². The maximum atomic E-state index is 6.05. The molecule has 108 valence electrons. The normalized spacial score (nSPS) is 12.6. The fourth-order valence-electron chi connectivity index (χ4n) is 2.31. The Balaban J connectivity index is 2.33. The lowest BCUT2D eigenvalue weighted by Gasteiger charge is -2.16. The number of nitrogens with zero attached hydrogens (tertiary/aromatic N) is 1. The quantitative estimate of drug-likeness (QED) is 0.829. The van der Waals surface area contributed by atoms with E-state index in [0.29, 0.717) is 0 Å². The molecule has 1 heterocycles. The average molecular weight is 272 g/mol. The standard InChI is InChI=1S/C17H24N2O/c1-4-8-13(3)20-17-16-10-7-6-9-14(16)11-15(19-17)12-18-5-2/h6-7,9-11,13,18H,4-5,8,12H2,1-3H3. The fraction of sp³-hybridized carbons (Fsp3) is 0.471. The number of fused-ring (bicyclic) bond motifs is 1. The summed E-state index contributed by atoms with van der Waals surface area (Å²) in [5.74, 6) is 0.761. The summed E-state index contributed by atoms with van der Waals surface area (Å²) in [4.78, 5) is 4.68. The predicted octanol–water partition coefficient (Wildman–Crippen LogP) is 3.91. The minimum Gasteiger partial charge on any atom is -0.474 e. The summed E-state index contributed by atoms with van der Waals surface area (Å²) in [6, 6.07) is 10.4. The molecule has 2 rings (SSSR count). The van der Waals surface area contributed by atoms with Gasteiger partial charge in [0.25, 0.3) is 0 Å². The molecule has 0 saturated heterocycles. The Morgan fingerprint density at radius 2 is 2.05 bits per heavy atom. The molecule has 0 amide bonds. The highest BCUT2D eigenvalue weighted by Crippen LogP contribution is 2.25. The Hall–Kier alpha value is -1.61. The van der Waals surface area contributed by atoms with Crippen molar-refractivity contribution in [3.05, 3.63) is 36.0 Å². The maximum Gasteiger partial charge on any atom is 0.221 e. The zero-order valence-corrected chi connectivity index (χ0v) is 12.6. The summed E-state index contributed by atoms with van der Waals surface area (Å²) in [7, 11) is 0. The van der Waals surface area contributed by atoms with Crippen molar-refractivity contribution in [1.82, 2.24) is 10.3 Å². The van der Waals surface area contributed by atoms with E-state index in [1.807, 2.05) is 6.07 Å². The van der Waals surface area contributed by atoms with Crippen molar-refractivity contribution in [3.8, 4) is 5.88 Å². The number of hydrogen-bond acceptors (Lipinski definition) is 3. The van der Waals surface area contributed by atoms with E-state index in [-0.39, 0.29) is 6.10 Å². The Kier molecular flexibility index (Phi) is 5.36. The van der Waals surface area contributed by atoms with E-state index in [9.17, 15) is 0 Å². The molecule has 1 atom stereocenters. The lowest BCUT2D eigenvalue weighted by atomic mass is 10.1. The minimum atomic E-state index is 0.199. The molecule has 1 N–H and O–H groups in total. The van der Waals surface area contributed by atoms with Gasteiger partial charge in [0.15, 0.2) is 0 Å². The summed E-state index contributed by atoms with van der Waals surface area (Å²) >= 11 is 0. The van der Waals surface area contributed by atoms with Crippen LogP contribution in [0.15, 0.2) is 30.3 Å². The zero-order valence-electron chi connectivity index (χ0n) is 12.6. The van der Waals surface area contributed by atoms with Gasteiger partial charge in [-0.25, -0.2) is 4.98 Å². The van der Waals surface area contributed by atoms with Crippen LogP contribution < -0.4 is 10.1 Å². The summed E-state index contributed by atoms with van der Waals surface area (Å²) in [6.45, 7) is 8.10. The number of aromatic nitrogens is 1. The number of ether oxygens (including phenoxy) is 1. The van der Waals surface area contributed by atoms with Gasteiger partial charge in [0, 0.05) is 11.9 Å². The first-order valence-electron chi connectivity index (χ1n) is 7.50. The second kappa shape index (κ2) is 7.25. The van der Waals surface area contributed by atoms with Gasteiger partial charge < -0.3 is 10.1 Å². The monoisotopic (exact) mass is 272 g/mol. The third-order valence-electron chi connectivity index (χ3n) is 3.32. The Morgan fingerprint density at radius 1 is 1.25 bits per heavy atom. The fourth-order valence-corrected chi connectivity index (χ4v) is 2.31. The molecule has 3 heteroatoms. The van der Waals surface area contributed by atoms with Crippen molar-refractivity contribution in [3.63, 3.8) is 0 Å². The Bertz CT molecular complexity index is 554. The number of rotatable bonds is 7. The van der Waals surface area contributed by atoms with Crippen LogP contribution in [0.25, 0.3) is 10.8 Å². The van der Waals surface area contributed by atoms with Crippen molar-refractivity contribution >= 4 is 10.8 Å². The molecule has 20 heavy (non-hydrogen) atoms. The summed E-state index contributed by atoms with van der Waals surface area (Å²) in [5.41, 5.74) is 1.03. The lowest BCUT2D eigenvalue weighted by molar-refractivity contribution is 0.204. The van der Waals surface area contributed by atoms with E-state index in [4.69, 9.17) is 4.74 Å². The van der Waals surface area contributed by atoms with Gasteiger partial charge in [-0.3, -0.25) is 0 Å². The molecule has 0 spiro atoms. The van der Waals surface area contributed by atoms with E-state index in [2.05, 4.69) is 55.3 Å². The van der Waals surface area contributed by atoms with Crippen LogP contribution in [0.5, 0.6) is 5.88 Å². The summed E-state index contributed by atoms with van der Waals surface area (Å²) in [6.07, 6.45) is 2.37. The van der Waals surface area contributed by atoms with Gasteiger partial charge in [-0.1, -0.05) is 38.5 Å². The molecule has 0 saturated carbocycles. The van der Waals surface area contributed by atoms with E-state index in [0.717, 1.165) is 42.9 Å². The van der Waals surface area contributed by atoms with E-state index in [1.54, 1.807) is 0 Å². The molecule has 1 aromatic carbocycles. The molecule has 1 aromatic heterocycles. The summed E-state index contributed by atoms with van der Waals surface area (Å²) in [5, 5.41) is 5.60. The van der Waals surface area contributed by atoms with Gasteiger partial charge in [-0.2, -0.15) is 0 Å². The number of hydrogen-bond donors (Lipinski definition) is 1. The van der Waals surface area contributed by atoms with Gasteiger partial charge in [-0.05, 0) is 37.4 Å². The molecule has 0 aliphatic rings. The van der Waals surface area contributed by atoms with Crippen LogP contribution >= 0.6 is 0 Å². The highest BCUT2D eigenvalue weighted by Gasteiger charge is 2.10. The van der Waals surface area contributed by atoms with Gasteiger partial charge in [0.05, 0.1) is 11.8 Å². The van der Waals surface area contributed by atoms with Crippen LogP contribution in [0.2, 0.25) is 0 Å². The first kappa shape index (κ1) is 14.8. The highest BCUT2D eigenvalue weighted by atomic mass is 16.5. The van der Waals surface area contributed by atoms with E-state index in [1.165, 1.54) is 5.39 Å². The number of nitrogens with one attached hydrogen (secondary N) is 1. The minimum absolute atomic E-state index is 0.199. The molecule has 0 aliphatic carbocycles. The Labute approximate surface area is 121 Å². The second-order valence-electron chi connectivity index (χ2n) is 5.14. The van der Waals surface area contributed by atoms with Crippen LogP contribution in [-0.4, -0.2) is 17.6 Å².